The van der Waals surface area contributed by atoms with Crippen molar-refractivity contribution < 1.29 is 14.7 Å². The molecule has 4 rings (SSSR count). The van der Waals surface area contributed by atoms with Crippen LogP contribution in [-0.4, -0.2) is 22.3 Å². The van der Waals surface area contributed by atoms with E-state index in [2.05, 4.69) is 13.8 Å². The van der Waals surface area contributed by atoms with E-state index in [0.29, 0.717) is 41.3 Å². The molecule has 0 unspecified atom stereocenters. The van der Waals surface area contributed by atoms with E-state index in [1.54, 1.807) is 6.92 Å². The maximum Gasteiger partial charge on any atom is 0.161 e. The Hall–Kier alpha value is -0.700. The SMILES string of the molecule is CC(=O)[C@@]1(O)CC[C@H]2[C@@H]3CC[C@H]4CC(=O)CC[C@]4(C)[C@H]3CC[C@]21C. The van der Waals surface area contributed by atoms with Gasteiger partial charge in [0.05, 0.1) is 0 Å². The molecule has 4 saturated carbocycles. The van der Waals surface area contributed by atoms with Gasteiger partial charge in [-0.3, -0.25) is 9.59 Å². The summed E-state index contributed by atoms with van der Waals surface area (Å²) in [5.74, 6) is 2.78. The Morgan fingerprint density at radius 1 is 1.04 bits per heavy atom. The third kappa shape index (κ3) is 1.94. The van der Waals surface area contributed by atoms with E-state index in [0.717, 1.165) is 44.9 Å². The predicted octanol–water partition coefficient (Wildman–Crippen LogP) is 3.92. The van der Waals surface area contributed by atoms with Crippen molar-refractivity contribution in [3.05, 3.63) is 0 Å². The Labute approximate surface area is 145 Å². The molecule has 1 N–H and O–H groups in total. The van der Waals surface area contributed by atoms with E-state index in [1.165, 1.54) is 6.42 Å². The summed E-state index contributed by atoms with van der Waals surface area (Å²) >= 11 is 0. The fourth-order valence-electron chi connectivity index (χ4n) is 7.64. The van der Waals surface area contributed by atoms with E-state index in [9.17, 15) is 14.7 Å². The molecule has 0 aromatic heterocycles. The predicted molar refractivity (Wildman–Crippen MR) is 92.4 cm³/mol. The minimum atomic E-state index is -1.11. The zero-order chi connectivity index (χ0) is 17.3. The summed E-state index contributed by atoms with van der Waals surface area (Å²) < 4.78 is 0. The molecular formula is C21H32O3. The lowest BCUT2D eigenvalue weighted by atomic mass is 9.44. The van der Waals surface area contributed by atoms with Gasteiger partial charge in [-0.25, -0.2) is 0 Å². The largest absolute Gasteiger partial charge is 0.382 e. The first-order valence-corrected chi connectivity index (χ1v) is 9.97. The van der Waals surface area contributed by atoms with Crippen LogP contribution in [0, 0.1) is 34.5 Å². The number of rotatable bonds is 1. The molecule has 24 heavy (non-hydrogen) atoms. The first-order chi connectivity index (χ1) is 11.2. The summed E-state index contributed by atoms with van der Waals surface area (Å²) in [7, 11) is 0. The fraction of sp³-hybridized carbons (Fsp3) is 0.905. The molecule has 0 saturated heterocycles. The van der Waals surface area contributed by atoms with Crippen molar-refractivity contribution in [1.82, 2.24) is 0 Å². The molecule has 4 fully saturated rings. The van der Waals surface area contributed by atoms with E-state index in [-0.39, 0.29) is 11.2 Å². The summed E-state index contributed by atoms with van der Waals surface area (Å²) in [5.41, 5.74) is -1.05. The molecule has 0 aromatic carbocycles. The lowest BCUT2D eigenvalue weighted by Gasteiger charge is -2.60. The van der Waals surface area contributed by atoms with Crippen LogP contribution in [0.3, 0.4) is 0 Å². The number of hydrogen-bond donors (Lipinski definition) is 1. The molecule has 3 nitrogen and oxygen atoms in total. The molecule has 7 atom stereocenters. The van der Waals surface area contributed by atoms with Gasteiger partial charge in [0, 0.05) is 18.3 Å². The van der Waals surface area contributed by atoms with Crippen LogP contribution in [-0.2, 0) is 9.59 Å². The Kier molecular flexibility index (Phi) is 3.60. The summed E-state index contributed by atoms with van der Waals surface area (Å²) in [6, 6.07) is 0. The molecule has 0 spiro atoms. The number of Topliss-reactive ketones (excluding diaryl/α,β-unsaturated/α-hetero) is 2. The van der Waals surface area contributed by atoms with E-state index in [4.69, 9.17) is 0 Å². The number of aliphatic hydroxyl groups is 1. The maximum atomic E-state index is 12.2. The Balaban J connectivity index is 1.66. The third-order valence-electron chi connectivity index (χ3n) is 9.22. The first-order valence-electron chi connectivity index (χ1n) is 9.97. The molecule has 0 amide bonds. The normalized spacial score (nSPS) is 53.9. The van der Waals surface area contributed by atoms with Crippen LogP contribution in [0.25, 0.3) is 0 Å². The quantitative estimate of drug-likeness (QED) is 0.792. The lowest BCUT2D eigenvalue weighted by Crippen LogP contribution is -2.58. The van der Waals surface area contributed by atoms with Gasteiger partial charge in [-0.15, -0.1) is 0 Å². The van der Waals surface area contributed by atoms with Crippen molar-refractivity contribution in [3.63, 3.8) is 0 Å². The highest BCUT2D eigenvalue weighted by atomic mass is 16.3. The van der Waals surface area contributed by atoms with Gasteiger partial charge in [-0.1, -0.05) is 13.8 Å². The molecule has 4 aliphatic carbocycles. The molecule has 0 radical (unpaired) electrons. The highest BCUT2D eigenvalue weighted by molar-refractivity contribution is 5.86. The minimum Gasteiger partial charge on any atom is -0.382 e. The number of carbonyl (C=O) groups is 2. The zero-order valence-corrected chi connectivity index (χ0v) is 15.4. The Bertz CT molecular complexity index is 584. The van der Waals surface area contributed by atoms with E-state index < -0.39 is 5.60 Å². The van der Waals surface area contributed by atoms with Crippen molar-refractivity contribution in [2.24, 2.45) is 34.5 Å². The fourth-order valence-corrected chi connectivity index (χ4v) is 7.64. The van der Waals surface area contributed by atoms with Crippen molar-refractivity contribution in [2.75, 3.05) is 0 Å². The molecule has 0 heterocycles. The average molecular weight is 332 g/mol. The van der Waals surface area contributed by atoms with Crippen molar-refractivity contribution in [1.29, 1.82) is 0 Å². The Morgan fingerprint density at radius 2 is 1.75 bits per heavy atom. The van der Waals surface area contributed by atoms with Gasteiger partial charge in [0.1, 0.15) is 11.4 Å². The second-order valence-electron chi connectivity index (χ2n) is 9.81. The second-order valence-corrected chi connectivity index (χ2v) is 9.81. The topological polar surface area (TPSA) is 54.4 Å². The third-order valence-corrected chi connectivity index (χ3v) is 9.22. The van der Waals surface area contributed by atoms with E-state index in [1.807, 2.05) is 0 Å². The smallest absolute Gasteiger partial charge is 0.161 e. The van der Waals surface area contributed by atoms with Gasteiger partial charge in [-0.05, 0) is 81.0 Å². The molecule has 3 heteroatoms. The van der Waals surface area contributed by atoms with Crippen molar-refractivity contribution in [3.8, 4) is 0 Å². The molecule has 134 valence electrons. The monoisotopic (exact) mass is 332 g/mol. The lowest BCUT2D eigenvalue weighted by molar-refractivity contribution is -0.169. The summed E-state index contributed by atoms with van der Waals surface area (Å²) in [5, 5.41) is 11.2. The molecule has 0 aromatic rings. The van der Waals surface area contributed by atoms with Gasteiger partial charge in [0.15, 0.2) is 5.78 Å². The van der Waals surface area contributed by atoms with Crippen LogP contribution in [0.1, 0.15) is 78.6 Å². The van der Waals surface area contributed by atoms with Crippen molar-refractivity contribution in [2.45, 2.75) is 84.2 Å². The zero-order valence-electron chi connectivity index (χ0n) is 15.4. The highest BCUT2D eigenvalue weighted by Crippen LogP contribution is 2.68. The van der Waals surface area contributed by atoms with Crippen LogP contribution >= 0.6 is 0 Å². The van der Waals surface area contributed by atoms with Crippen LogP contribution in [0.5, 0.6) is 0 Å². The van der Waals surface area contributed by atoms with Gasteiger partial charge in [-0.2, -0.15) is 0 Å². The van der Waals surface area contributed by atoms with Crippen LogP contribution in [0.4, 0.5) is 0 Å². The van der Waals surface area contributed by atoms with Crippen LogP contribution in [0.15, 0.2) is 0 Å². The number of carbonyl (C=O) groups excluding carboxylic acids is 2. The Morgan fingerprint density at radius 3 is 2.46 bits per heavy atom. The highest BCUT2D eigenvalue weighted by Gasteiger charge is 2.65. The number of fused-ring (bicyclic) bond motifs is 5. The number of ketones is 2. The van der Waals surface area contributed by atoms with Gasteiger partial charge >= 0.3 is 0 Å². The maximum absolute atomic E-state index is 12.2. The number of hydrogen-bond acceptors (Lipinski definition) is 3. The average Bonchev–Trinajstić information content (AvgIpc) is 2.81. The van der Waals surface area contributed by atoms with Gasteiger partial charge in [0.2, 0.25) is 0 Å². The molecule has 0 aliphatic heterocycles. The minimum absolute atomic E-state index is 0.0332. The first kappa shape index (κ1) is 16.8. The van der Waals surface area contributed by atoms with Crippen LogP contribution < -0.4 is 0 Å². The van der Waals surface area contributed by atoms with Gasteiger partial charge < -0.3 is 5.11 Å². The van der Waals surface area contributed by atoms with E-state index >= 15 is 0 Å². The van der Waals surface area contributed by atoms with Gasteiger partial charge in [0.25, 0.3) is 0 Å². The summed E-state index contributed by atoms with van der Waals surface area (Å²) in [6.07, 6.45) is 8.67. The summed E-state index contributed by atoms with van der Waals surface area (Å²) in [4.78, 5) is 24.2. The van der Waals surface area contributed by atoms with Crippen molar-refractivity contribution >= 4 is 11.6 Å². The molecule has 0 bridgehead atoms. The summed E-state index contributed by atoms with van der Waals surface area (Å²) in [6.45, 7) is 6.20. The second kappa shape index (κ2) is 5.16. The standard InChI is InChI=1S/C21H32O3/c1-13(22)21(24)11-8-18-16-5-4-14-12-15(23)6-9-19(14,2)17(16)7-10-20(18,21)3/h14,16-18,24H,4-12H2,1-3H3/t14-,16+,17-,18-,19-,20+,21-/m0/s1. The molecule has 4 aliphatic rings. The molecular weight excluding hydrogens is 300 g/mol. The van der Waals surface area contributed by atoms with Crippen LogP contribution in [0.2, 0.25) is 0 Å².